The van der Waals surface area contributed by atoms with Crippen molar-refractivity contribution >= 4 is 11.8 Å². The Hall–Kier alpha value is -2.35. The number of carbonyl (C=O) groups is 2. The van der Waals surface area contributed by atoms with Gasteiger partial charge in [-0.3, -0.25) is 9.59 Å². The summed E-state index contributed by atoms with van der Waals surface area (Å²) in [6.45, 7) is 8.92. The number of nitriles is 1. The number of rotatable bonds is 5. The van der Waals surface area contributed by atoms with Gasteiger partial charge in [-0.25, -0.2) is 0 Å². The SMILES string of the molecule is CCNC(=O)[C@H]1CC[C@@](C)(C(=O)NCc2ccc(C#N)cc2)C1(C)C. The molecule has 5 nitrogen and oxygen atoms in total. The summed E-state index contributed by atoms with van der Waals surface area (Å²) >= 11 is 0. The standard InChI is InChI=1S/C20H27N3O2/c1-5-22-17(24)16-10-11-20(4,19(16,2)3)18(25)23-13-15-8-6-14(12-21)7-9-15/h6-9,16H,5,10-11,13H2,1-4H3,(H,22,24)(H,23,25)/t16-,20+/m1/s1. The normalized spacial score (nSPS) is 24.4. The first kappa shape index (κ1) is 19.0. The molecule has 0 unspecified atom stereocenters. The zero-order valence-electron chi connectivity index (χ0n) is 15.5. The molecule has 0 spiro atoms. The molecule has 0 aromatic heterocycles. The summed E-state index contributed by atoms with van der Waals surface area (Å²) in [4.78, 5) is 25.3. The summed E-state index contributed by atoms with van der Waals surface area (Å²) in [6.07, 6.45) is 1.42. The number of hydrogen-bond donors (Lipinski definition) is 2. The predicted molar refractivity (Wildman–Crippen MR) is 96.3 cm³/mol. The number of nitrogens with zero attached hydrogens (tertiary/aromatic N) is 1. The molecule has 0 radical (unpaired) electrons. The molecule has 0 bridgehead atoms. The quantitative estimate of drug-likeness (QED) is 0.864. The van der Waals surface area contributed by atoms with Crippen molar-refractivity contribution < 1.29 is 9.59 Å². The second kappa shape index (κ2) is 7.26. The molecule has 1 fully saturated rings. The van der Waals surface area contributed by atoms with Crippen molar-refractivity contribution in [2.45, 2.75) is 47.1 Å². The highest BCUT2D eigenvalue weighted by Crippen LogP contribution is 2.56. The Morgan fingerprint density at radius 3 is 2.40 bits per heavy atom. The van der Waals surface area contributed by atoms with E-state index in [-0.39, 0.29) is 17.7 Å². The molecular formula is C20H27N3O2. The molecule has 1 aromatic rings. The molecule has 0 saturated heterocycles. The van der Waals surface area contributed by atoms with E-state index in [1.165, 1.54) is 0 Å². The molecule has 0 heterocycles. The minimum atomic E-state index is -0.588. The van der Waals surface area contributed by atoms with Gasteiger partial charge < -0.3 is 10.6 Å². The summed E-state index contributed by atoms with van der Waals surface area (Å²) in [5.74, 6) is -0.136. The fourth-order valence-electron chi connectivity index (χ4n) is 3.74. The van der Waals surface area contributed by atoms with E-state index in [2.05, 4.69) is 16.7 Å². The molecule has 1 aliphatic rings. The minimum Gasteiger partial charge on any atom is -0.356 e. The maximum Gasteiger partial charge on any atom is 0.226 e. The maximum atomic E-state index is 12.9. The average molecular weight is 341 g/mol. The molecule has 5 heteroatoms. The topological polar surface area (TPSA) is 82.0 Å². The van der Waals surface area contributed by atoms with Crippen LogP contribution in [-0.4, -0.2) is 18.4 Å². The van der Waals surface area contributed by atoms with Gasteiger partial charge in [0.25, 0.3) is 0 Å². The van der Waals surface area contributed by atoms with E-state index in [9.17, 15) is 9.59 Å². The molecule has 2 N–H and O–H groups in total. The highest BCUT2D eigenvalue weighted by Gasteiger charge is 2.57. The Labute approximate surface area is 149 Å². The molecule has 1 aromatic carbocycles. The van der Waals surface area contributed by atoms with Gasteiger partial charge in [0.15, 0.2) is 0 Å². The van der Waals surface area contributed by atoms with Crippen molar-refractivity contribution in [3.05, 3.63) is 35.4 Å². The van der Waals surface area contributed by atoms with Crippen molar-refractivity contribution in [2.24, 2.45) is 16.7 Å². The van der Waals surface area contributed by atoms with E-state index in [0.29, 0.717) is 25.1 Å². The minimum absolute atomic E-state index is 0.0198. The average Bonchev–Trinajstić information content (AvgIpc) is 2.84. The zero-order valence-corrected chi connectivity index (χ0v) is 15.5. The van der Waals surface area contributed by atoms with E-state index in [1.54, 1.807) is 12.1 Å². The van der Waals surface area contributed by atoms with Crippen molar-refractivity contribution in [1.82, 2.24) is 10.6 Å². The van der Waals surface area contributed by atoms with Crippen LogP contribution in [0.2, 0.25) is 0 Å². The molecule has 2 atom stereocenters. The first-order valence-corrected chi connectivity index (χ1v) is 8.81. The lowest BCUT2D eigenvalue weighted by Gasteiger charge is -2.39. The Morgan fingerprint density at radius 2 is 1.84 bits per heavy atom. The molecule has 1 aliphatic carbocycles. The smallest absolute Gasteiger partial charge is 0.226 e. The fourth-order valence-corrected chi connectivity index (χ4v) is 3.74. The van der Waals surface area contributed by atoms with Gasteiger partial charge in [0.2, 0.25) is 11.8 Å². The Balaban J connectivity index is 2.07. The lowest BCUT2D eigenvalue weighted by molar-refractivity contribution is -0.139. The predicted octanol–water partition coefficient (Wildman–Crippen LogP) is 2.75. The van der Waals surface area contributed by atoms with Crippen molar-refractivity contribution in [1.29, 1.82) is 5.26 Å². The van der Waals surface area contributed by atoms with E-state index < -0.39 is 10.8 Å². The number of hydrogen-bond acceptors (Lipinski definition) is 3. The van der Waals surface area contributed by atoms with E-state index in [1.807, 2.05) is 39.8 Å². The monoisotopic (exact) mass is 341 g/mol. The number of carbonyl (C=O) groups excluding carboxylic acids is 2. The van der Waals surface area contributed by atoms with Gasteiger partial charge in [0, 0.05) is 19.0 Å². The lowest BCUT2D eigenvalue weighted by Crippen LogP contribution is -2.49. The molecular weight excluding hydrogens is 314 g/mol. The first-order chi connectivity index (χ1) is 11.8. The molecule has 25 heavy (non-hydrogen) atoms. The summed E-state index contributed by atoms with van der Waals surface area (Å²) < 4.78 is 0. The van der Waals surface area contributed by atoms with Gasteiger partial charge in [-0.05, 0) is 42.9 Å². The Morgan fingerprint density at radius 1 is 1.20 bits per heavy atom. The summed E-state index contributed by atoms with van der Waals surface area (Å²) in [6, 6.07) is 9.26. The second-order valence-corrected chi connectivity index (χ2v) is 7.53. The van der Waals surface area contributed by atoms with Gasteiger partial charge in [-0.15, -0.1) is 0 Å². The third-order valence-electron chi connectivity index (χ3n) is 5.93. The molecule has 1 saturated carbocycles. The van der Waals surface area contributed by atoms with Crippen LogP contribution in [0.4, 0.5) is 0 Å². The van der Waals surface area contributed by atoms with Crippen LogP contribution in [0.3, 0.4) is 0 Å². The van der Waals surface area contributed by atoms with E-state index in [4.69, 9.17) is 5.26 Å². The Kier molecular flexibility index (Phi) is 5.52. The van der Waals surface area contributed by atoms with Gasteiger partial charge in [0.1, 0.15) is 0 Å². The van der Waals surface area contributed by atoms with Crippen LogP contribution in [0.5, 0.6) is 0 Å². The highest BCUT2D eigenvalue weighted by atomic mass is 16.2. The van der Waals surface area contributed by atoms with Crippen LogP contribution in [0.1, 0.15) is 51.7 Å². The van der Waals surface area contributed by atoms with Crippen molar-refractivity contribution in [2.75, 3.05) is 6.54 Å². The molecule has 0 aliphatic heterocycles. The first-order valence-electron chi connectivity index (χ1n) is 8.81. The van der Waals surface area contributed by atoms with Crippen LogP contribution in [0.25, 0.3) is 0 Å². The fraction of sp³-hybridized carbons (Fsp3) is 0.550. The van der Waals surface area contributed by atoms with Crippen LogP contribution >= 0.6 is 0 Å². The number of benzene rings is 1. The summed E-state index contributed by atoms with van der Waals surface area (Å²) in [5, 5.41) is 14.7. The van der Waals surface area contributed by atoms with E-state index >= 15 is 0 Å². The number of amides is 2. The van der Waals surface area contributed by atoms with Crippen LogP contribution in [0, 0.1) is 28.1 Å². The number of nitrogens with one attached hydrogen (secondary N) is 2. The van der Waals surface area contributed by atoms with Crippen LogP contribution in [0.15, 0.2) is 24.3 Å². The Bertz CT molecular complexity index is 688. The molecule has 2 rings (SSSR count). The summed E-state index contributed by atoms with van der Waals surface area (Å²) in [5.41, 5.74) is 0.548. The van der Waals surface area contributed by atoms with Gasteiger partial charge in [-0.1, -0.05) is 32.9 Å². The van der Waals surface area contributed by atoms with Gasteiger partial charge in [-0.2, -0.15) is 5.26 Å². The second-order valence-electron chi connectivity index (χ2n) is 7.53. The van der Waals surface area contributed by atoms with Gasteiger partial charge >= 0.3 is 0 Å². The molecule has 2 amide bonds. The van der Waals surface area contributed by atoms with Crippen LogP contribution < -0.4 is 10.6 Å². The summed E-state index contributed by atoms with van der Waals surface area (Å²) in [7, 11) is 0. The maximum absolute atomic E-state index is 12.9. The third kappa shape index (κ3) is 3.53. The van der Waals surface area contributed by atoms with Gasteiger partial charge in [0.05, 0.1) is 17.0 Å². The van der Waals surface area contributed by atoms with Crippen molar-refractivity contribution in [3.63, 3.8) is 0 Å². The lowest BCUT2D eigenvalue weighted by atomic mass is 9.65. The molecule has 134 valence electrons. The van der Waals surface area contributed by atoms with Crippen LogP contribution in [-0.2, 0) is 16.1 Å². The van der Waals surface area contributed by atoms with Crippen molar-refractivity contribution in [3.8, 4) is 6.07 Å². The third-order valence-corrected chi connectivity index (χ3v) is 5.93. The largest absolute Gasteiger partial charge is 0.356 e. The highest BCUT2D eigenvalue weighted by molar-refractivity contribution is 5.87. The van der Waals surface area contributed by atoms with E-state index in [0.717, 1.165) is 12.0 Å². The zero-order chi connectivity index (χ0) is 18.7.